The second-order valence-corrected chi connectivity index (χ2v) is 4.61. The van der Waals surface area contributed by atoms with Crippen LogP contribution in [-0.2, 0) is 4.79 Å². The number of hydrogen-bond donors (Lipinski definition) is 3. The third-order valence-corrected chi connectivity index (χ3v) is 3.34. The van der Waals surface area contributed by atoms with Gasteiger partial charge in [0.15, 0.2) is 0 Å². The number of likely N-dealkylation sites (N-methyl/N-ethyl adjacent to an activating group) is 1. The van der Waals surface area contributed by atoms with E-state index >= 15 is 0 Å². The molecule has 1 unspecified atom stereocenters. The van der Waals surface area contributed by atoms with Gasteiger partial charge in [-0.05, 0) is 32.2 Å². The summed E-state index contributed by atoms with van der Waals surface area (Å²) in [4.78, 5) is 11.5. The zero-order valence-electron chi connectivity index (χ0n) is 10.6. The predicted molar refractivity (Wildman–Crippen MR) is 71.4 cm³/mol. The molecular weight excluding hydrogens is 240 g/mol. The minimum Gasteiger partial charge on any atom is -0.396 e. The Kier molecular flexibility index (Phi) is 9.50. The van der Waals surface area contributed by atoms with Crippen LogP contribution in [-0.4, -0.2) is 37.3 Å². The number of amides is 1. The lowest BCUT2D eigenvalue weighted by Gasteiger charge is -2.30. The fraction of sp³-hybridized carbons (Fsp3) is 0.917. The highest BCUT2D eigenvalue weighted by molar-refractivity contribution is 5.85. The molecule has 0 heterocycles. The van der Waals surface area contributed by atoms with Gasteiger partial charge < -0.3 is 15.7 Å². The molecule has 3 N–H and O–H groups in total. The van der Waals surface area contributed by atoms with E-state index < -0.39 is 0 Å². The predicted octanol–water partition coefficient (Wildman–Crippen LogP) is 1.08. The number of rotatable bonds is 6. The molecule has 0 spiro atoms. The summed E-state index contributed by atoms with van der Waals surface area (Å²) in [6.07, 6.45) is 6.88. The maximum atomic E-state index is 11.5. The lowest BCUT2D eigenvalue weighted by Crippen LogP contribution is -2.44. The van der Waals surface area contributed by atoms with Crippen molar-refractivity contribution in [1.82, 2.24) is 10.6 Å². The van der Waals surface area contributed by atoms with Crippen LogP contribution < -0.4 is 10.6 Å². The molecular formula is C12H25ClN2O2. The Morgan fingerprint density at radius 2 is 2.00 bits per heavy atom. The molecule has 102 valence electrons. The smallest absolute Gasteiger partial charge is 0.234 e. The van der Waals surface area contributed by atoms with Gasteiger partial charge in [-0.15, -0.1) is 12.4 Å². The van der Waals surface area contributed by atoms with Crippen LogP contribution in [0.1, 0.15) is 38.5 Å². The Bertz CT molecular complexity index is 209. The summed E-state index contributed by atoms with van der Waals surface area (Å²) >= 11 is 0. The van der Waals surface area contributed by atoms with Crippen molar-refractivity contribution in [1.29, 1.82) is 0 Å². The monoisotopic (exact) mass is 264 g/mol. The Morgan fingerprint density at radius 3 is 2.53 bits per heavy atom. The third kappa shape index (κ3) is 6.24. The average molecular weight is 265 g/mol. The first kappa shape index (κ1) is 16.7. The van der Waals surface area contributed by atoms with Crippen LogP contribution >= 0.6 is 12.4 Å². The van der Waals surface area contributed by atoms with Crippen LogP contribution in [0.4, 0.5) is 0 Å². The third-order valence-electron chi connectivity index (χ3n) is 3.34. The Balaban J connectivity index is 0.00000256. The second kappa shape index (κ2) is 9.68. The Hall–Kier alpha value is -0.320. The van der Waals surface area contributed by atoms with Crippen molar-refractivity contribution in [3.05, 3.63) is 0 Å². The zero-order chi connectivity index (χ0) is 11.8. The van der Waals surface area contributed by atoms with Crippen molar-refractivity contribution >= 4 is 18.3 Å². The normalized spacial score (nSPS) is 18.2. The first-order chi connectivity index (χ1) is 7.77. The molecule has 1 fully saturated rings. The minimum atomic E-state index is 0. The van der Waals surface area contributed by atoms with E-state index in [9.17, 15) is 4.79 Å². The van der Waals surface area contributed by atoms with E-state index in [0.717, 1.165) is 0 Å². The van der Waals surface area contributed by atoms with Crippen LogP contribution in [0.2, 0.25) is 0 Å². The summed E-state index contributed by atoms with van der Waals surface area (Å²) in [7, 11) is 1.77. The molecule has 5 heteroatoms. The van der Waals surface area contributed by atoms with Gasteiger partial charge in [0.2, 0.25) is 5.91 Å². The number of halogens is 1. The zero-order valence-corrected chi connectivity index (χ0v) is 11.4. The Labute approximate surface area is 110 Å². The van der Waals surface area contributed by atoms with Crippen molar-refractivity contribution in [3.8, 4) is 0 Å². The van der Waals surface area contributed by atoms with E-state index in [2.05, 4.69) is 10.6 Å². The summed E-state index contributed by atoms with van der Waals surface area (Å²) in [5, 5.41) is 14.9. The number of hydrogen-bond acceptors (Lipinski definition) is 3. The molecule has 1 saturated carbocycles. The first-order valence-electron chi connectivity index (χ1n) is 6.32. The van der Waals surface area contributed by atoms with Crippen LogP contribution in [0.3, 0.4) is 0 Å². The molecule has 0 aromatic rings. The highest BCUT2D eigenvalue weighted by atomic mass is 35.5. The van der Waals surface area contributed by atoms with Gasteiger partial charge in [0.1, 0.15) is 0 Å². The van der Waals surface area contributed by atoms with Crippen molar-refractivity contribution in [3.63, 3.8) is 0 Å². The van der Waals surface area contributed by atoms with E-state index in [-0.39, 0.29) is 31.0 Å². The molecule has 1 atom stereocenters. The number of carbonyl (C=O) groups is 1. The van der Waals surface area contributed by atoms with E-state index in [1.807, 2.05) is 0 Å². The molecule has 0 radical (unpaired) electrons. The van der Waals surface area contributed by atoms with E-state index in [1.165, 1.54) is 32.1 Å². The van der Waals surface area contributed by atoms with E-state index in [1.54, 1.807) is 7.05 Å². The van der Waals surface area contributed by atoms with Crippen molar-refractivity contribution in [2.24, 2.45) is 5.92 Å². The van der Waals surface area contributed by atoms with E-state index in [0.29, 0.717) is 18.9 Å². The SMILES string of the molecule is CNCC(=O)NC(CCO)C1CCCCC1.Cl. The molecule has 1 amide bonds. The van der Waals surface area contributed by atoms with Crippen LogP contribution in [0, 0.1) is 5.92 Å². The number of aliphatic hydroxyl groups is 1. The standard InChI is InChI=1S/C12H24N2O2.ClH/c1-13-9-12(16)14-11(7-8-15)10-5-3-2-4-6-10;/h10-11,13,15H,2-9H2,1H3,(H,14,16);1H. The number of aliphatic hydroxyl groups excluding tert-OH is 1. The molecule has 0 bridgehead atoms. The molecule has 1 aliphatic carbocycles. The van der Waals surface area contributed by atoms with Gasteiger partial charge in [-0.25, -0.2) is 0 Å². The highest BCUT2D eigenvalue weighted by Crippen LogP contribution is 2.27. The van der Waals surface area contributed by atoms with Gasteiger partial charge in [0, 0.05) is 12.6 Å². The van der Waals surface area contributed by atoms with Crippen molar-refractivity contribution in [2.45, 2.75) is 44.6 Å². The fourth-order valence-electron chi connectivity index (χ4n) is 2.52. The summed E-state index contributed by atoms with van der Waals surface area (Å²) in [5.41, 5.74) is 0. The maximum Gasteiger partial charge on any atom is 0.234 e. The lowest BCUT2D eigenvalue weighted by atomic mass is 9.82. The second-order valence-electron chi connectivity index (χ2n) is 4.61. The molecule has 4 nitrogen and oxygen atoms in total. The van der Waals surface area contributed by atoms with E-state index in [4.69, 9.17) is 5.11 Å². The van der Waals surface area contributed by atoms with Gasteiger partial charge in [0.25, 0.3) is 0 Å². The van der Waals surface area contributed by atoms with Crippen LogP contribution in [0.15, 0.2) is 0 Å². The Morgan fingerprint density at radius 1 is 1.35 bits per heavy atom. The van der Waals surface area contributed by atoms with Gasteiger partial charge in [-0.3, -0.25) is 4.79 Å². The van der Waals surface area contributed by atoms with Gasteiger partial charge in [-0.2, -0.15) is 0 Å². The molecule has 1 aliphatic rings. The van der Waals surface area contributed by atoms with Gasteiger partial charge in [0.05, 0.1) is 6.54 Å². The highest BCUT2D eigenvalue weighted by Gasteiger charge is 2.24. The topological polar surface area (TPSA) is 61.4 Å². The fourth-order valence-corrected chi connectivity index (χ4v) is 2.52. The molecule has 0 saturated heterocycles. The summed E-state index contributed by atoms with van der Waals surface area (Å²) in [6, 6.07) is 0.158. The van der Waals surface area contributed by atoms with Gasteiger partial charge >= 0.3 is 0 Å². The van der Waals surface area contributed by atoms with Crippen LogP contribution in [0.5, 0.6) is 0 Å². The summed E-state index contributed by atoms with van der Waals surface area (Å²) in [6.45, 7) is 0.510. The van der Waals surface area contributed by atoms with Crippen molar-refractivity contribution in [2.75, 3.05) is 20.2 Å². The molecule has 1 rings (SSSR count). The van der Waals surface area contributed by atoms with Crippen molar-refractivity contribution < 1.29 is 9.90 Å². The number of nitrogens with one attached hydrogen (secondary N) is 2. The molecule has 0 aliphatic heterocycles. The number of carbonyl (C=O) groups excluding carboxylic acids is 1. The quantitative estimate of drug-likeness (QED) is 0.673. The average Bonchev–Trinajstić information content (AvgIpc) is 2.30. The lowest BCUT2D eigenvalue weighted by molar-refractivity contribution is -0.121. The minimum absolute atomic E-state index is 0. The molecule has 0 aromatic heterocycles. The summed E-state index contributed by atoms with van der Waals surface area (Å²) < 4.78 is 0. The maximum absolute atomic E-state index is 11.5. The first-order valence-corrected chi connectivity index (χ1v) is 6.32. The van der Waals surface area contributed by atoms with Gasteiger partial charge in [-0.1, -0.05) is 19.3 Å². The summed E-state index contributed by atoms with van der Waals surface area (Å²) in [5.74, 6) is 0.591. The molecule has 17 heavy (non-hydrogen) atoms. The largest absolute Gasteiger partial charge is 0.396 e. The molecule has 0 aromatic carbocycles. The van der Waals surface area contributed by atoms with Crippen LogP contribution in [0.25, 0.3) is 0 Å².